The molecular formula is C8H14O2S. The van der Waals surface area contributed by atoms with E-state index in [0.717, 1.165) is 12.8 Å². The minimum absolute atomic E-state index is 0.0610. The lowest BCUT2D eigenvalue weighted by Crippen LogP contribution is -2.12. The molecule has 0 radical (unpaired) electrons. The van der Waals surface area contributed by atoms with Crippen LogP contribution in [0.4, 0.5) is 0 Å². The van der Waals surface area contributed by atoms with Gasteiger partial charge in [0.05, 0.1) is 0 Å². The Morgan fingerprint density at radius 2 is 2.00 bits per heavy atom. The van der Waals surface area contributed by atoms with Crippen molar-refractivity contribution in [1.29, 1.82) is 0 Å². The van der Waals surface area contributed by atoms with Crippen molar-refractivity contribution in [2.75, 3.05) is 0 Å². The Morgan fingerprint density at radius 1 is 1.45 bits per heavy atom. The SMILES string of the molecule is CCCC(CC(C)=O)C(=O)S. The van der Waals surface area contributed by atoms with E-state index < -0.39 is 0 Å². The van der Waals surface area contributed by atoms with Crippen molar-refractivity contribution in [3.05, 3.63) is 0 Å². The van der Waals surface area contributed by atoms with Crippen LogP contribution in [-0.4, -0.2) is 10.9 Å². The average molecular weight is 174 g/mol. The van der Waals surface area contributed by atoms with Crippen LogP contribution in [0.5, 0.6) is 0 Å². The number of carbonyl (C=O) groups is 2. The van der Waals surface area contributed by atoms with E-state index in [4.69, 9.17) is 0 Å². The van der Waals surface area contributed by atoms with Crippen LogP contribution < -0.4 is 0 Å². The van der Waals surface area contributed by atoms with Gasteiger partial charge in [-0.15, -0.1) is 12.6 Å². The summed E-state index contributed by atoms with van der Waals surface area (Å²) in [5.74, 6) is -0.105. The Morgan fingerprint density at radius 3 is 2.27 bits per heavy atom. The van der Waals surface area contributed by atoms with Crippen LogP contribution in [0.2, 0.25) is 0 Å². The van der Waals surface area contributed by atoms with Crippen molar-refractivity contribution < 1.29 is 9.59 Å². The van der Waals surface area contributed by atoms with Gasteiger partial charge in [-0.05, 0) is 13.3 Å². The summed E-state index contributed by atoms with van der Waals surface area (Å²) in [6.07, 6.45) is 2.03. The monoisotopic (exact) mass is 174 g/mol. The lowest BCUT2D eigenvalue weighted by atomic mass is 9.99. The minimum Gasteiger partial charge on any atom is -0.300 e. The number of ketones is 1. The van der Waals surface area contributed by atoms with Gasteiger partial charge in [-0.25, -0.2) is 0 Å². The molecule has 0 aliphatic heterocycles. The van der Waals surface area contributed by atoms with Crippen LogP contribution in [-0.2, 0) is 9.59 Å². The lowest BCUT2D eigenvalue weighted by molar-refractivity contribution is -0.122. The normalized spacial score (nSPS) is 12.6. The van der Waals surface area contributed by atoms with Gasteiger partial charge in [0.2, 0.25) is 0 Å². The molecule has 64 valence electrons. The Labute approximate surface area is 72.8 Å². The van der Waals surface area contributed by atoms with Crippen LogP contribution in [0.15, 0.2) is 0 Å². The molecule has 1 unspecified atom stereocenters. The number of Topliss-reactive ketones (excluding diaryl/α,β-unsaturated/α-hetero) is 1. The fraction of sp³-hybridized carbons (Fsp3) is 0.750. The summed E-state index contributed by atoms with van der Waals surface area (Å²) in [5.41, 5.74) is 0. The largest absolute Gasteiger partial charge is 0.300 e. The third kappa shape index (κ3) is 5.01. The maximum atomic E-state index is 10.8. The van der Waals surface area contributed by atoms with Crippen LogP contribution in [0, 0.1) is 5.92 Å². The standard InChI is InChI=1S/C8H14O2S/c1-3-4-7(8(10)11)5-6(2)9/h7H,3-5H2,1-2H3,(H,10,11). The summed E-state index contributed by atoms with van der Waals surface area (Å²) in [6, 6.07) is 0. The first kappa shape index (κ1) is 10.7. The number of hydrogen-bond donors (Lipinski definition) is 1. The molecule has 3 heteroatoms. The van der Waals surface area contributed by atoms with Gasteiger partial charge in [-0.2, -0.15) is 0 Å². The second-order valence-electron chi connectivity index (χ2n) is 2.73. The second kappa shape index (κ2) is 5.35. The van der Waals surface area contributed by atoms with Gasteiger partial charge in [-0.1, -0.05) is 13.3 Å². The lowest BCUT2D eigenvalue weighted by Gasteiger charge is -2.08. The number of rotatable bonds is 5. The molecule has 0 fully saturated rings. The predicted octanol–water partition coefficient (Wildman–Crippen LogP) is 1.84. The molecule has 1 atom stereocenters. The van der Waals surface area contributed by atoms with Crippen molar-refractivity contribution in [3.8, 4) is 0 Å². The first-order valence-corrected chi connectivity index (χ1v) is 4.24. The molecule has 0 amide bonds. The average Bonchev–Trinajstić information content (AvgIpc) is 1.86. The van der Waals surface area contributed by atoms with E-state index in [2.05, 4.69) is 12.6 Å². The molecule has 11 heavy (non-hydrogen) atoms. The van der Waals surface area contributed by atoms with Crippen LogP contribution >= 0.6 is 12.6 Å². The number of thiol groups is 1. The molecule has 0 rings (SSSR count). The second-order valence-corrected chi connectivity index (χ2v) is 3.17. The molecule has 2 nitrogen and oxygen atoms in total. The molecule has 0 saturated heterocycles. The zero-order valence-corrected chi connectivity index (χ0v) is 7.86. The van der Waals surface area contributed by atoms with Crippen LogP contribution in [0.1, 0.15) is 33.1 Å². The highest BCUT2D eigenvalue weighted by Gasteiger charge is 2.15. The highest BCUT2D eigenvalue weighted by Crippen LogP contribution is 2.14. The van der Waals surface area contributed by atoms with Crippen molar-refractivity contribution in [2.45, 2.75) is 33.1 Å². The Hall–Kier alpha value is -0.310. The maximum Gasteiger partial charge on any atom is 0.189 e. The van der Waals surface area contributed by atoms with E-state index in [9.17, 15) is 9.59 Å². The Balaban J connectivity index is 3.89. The van der Waals surface area contributed by atoms with Gasteiger partial charge in [0.15, 0.2) is 5.12 Å². The summed E-state index contributed by atoms with van der Waals surface area (Å²) in [6.45, 7) is 3.49. The number of hydrogen-bond acceptors (Lipinski definition) is 2. The van der Waals surface area contributed by atoms with Gasteiger partial charge < -0.3 is 4.79 Å². The molecule has 0 aliphatic rings. The zero-order chi connectivity index (χ0) is 8.85. The number of carbonyl (C=O) groups excluding carboxylic acids is 2. The third-order valence-corrected chi connectivity index (χ3v) is 1.89. The molecule has 0 aliphatic carbocycles. The fourth-order valence-electron chi connectivity index (χ4n) is 1.01. The summed E-state index contributed by atoms with van der Waals surface area (Å²) in [7, 11) is 0. The van der Waals surface area contributed by atoms with Gasteiger partial charge >= 0.3 is 0 Å². The van der Waals surface area contributed by atoms with E-state index in [-0.39, 0.29) is 16.8 Å². The highest BCUT2D eigenvalue weighted by molar-refractivity contribution is 7.96. The minimum atomic E-state index is -0.166. The fourth-order valence-corrected chi connectivity index (χ4v) is 1.23. The molecule has 0 aromatic heterocycles. The van der Waals surface area contributed by atoms with Crippen molar-refractivity contribution in [2.24, 2.45) is 5.92 Å². The molecule has 0 aromatic rings. The molecule has 0 N–H and O–H groups in total. The van der Waals surface area contributed by atoms with Gasteiger partial charge in [0.25, 0.3) is 0 Å². The highest BCUT2D eigenvalue weighted by atomic mass is 32.1. The zero-order valence-electron chi connectivity index (χ0n) is 6.96. The van der Waals surface area contributed by atoms with Gasteiger partial charge in [-0.3, -0.25) is 4.79 Å². The van der Waals surface area contributed by atoms with E-state index >= 15 is 0 Å². The molecule has 0 bridgehead atoms. The summed E-state index contributed by atoms with van der Waals surface area (Å²) in [5, 5.41) is -0.165. The summed E-state index contributed by atoms with van der Waals surface area (Å²) < 4.78 is 0. The van der Waals surface area contributed by atoms with Crippen molar-refractivity contribution in [1.82, 2.24) is 0 Å². The van der Waals surface area contributed by atoms with Gasteiger partial charge in [0, 0.05) is 12.3 Å². The Bertz CT molecular complexity index is 154. The van der Waals surface area contributed by atoms with Crippen molar-refractivity contribution in [3.63, 3.8) is 0 Å². The summed E-state index contributed by atoms with van der Waals surface area (Å²) >= 11 is 3.71. The molecule has 0 spiro atoms. The Kier molecular flexibility index (Phi) is 5.20. The molecule has 0 heterocycles. The quantitative estimate of drug-likeness (QED) is 0.645. The first-order valence-electron chi connectivity index (χ1n) is 3.80. The maximum absolute atomic E-state index is 10.8. The van der Waals surface area contributed by atoms with Gasteiger partial charge in [0.1, 0.15) is 5.78 Å². The molecular weight excluding hydrogens is 160 g/mol. The third-order valence-electron chi connectivity index (χ3n) is 1.52. The van der Waals surface area contributed by atoms with Crippen LogP contribution in [0.3, 0.4) is 0 Å². The topological polar surface area (TPSA) is 34.1 Å². The van der Waals surface area contributed by atoms with E-state index in [1.165, 1.54) is 6.92 Å². The summed E-state index contributed by atoms with van der Waals surface area (Å²) in [4.78, 5) is 21.4. The molecule has 0 aromatic carbocycles. The first-order chi connectivity index (χ1) is 5.07. The smallest absolute Gasteiger partial charge is 0.189 e. The van der Waals surface area contributed by atoms with Crippen molar-refractivity contribution >= 4 is 23.5 Å². The van der Waals surface area contributed by atoms with E-state index in [1.807, 2.05) is 6.92 Å². The molecule has 0 saturated carbocycles. The van der Waals surface area contributed by atoms with Crippen LogP contribution in [0.25, 0.3) is 0 Å². The van der Waals surface area contributed by atoms with E-state index in [1.54, 1.807) is 0 Å². The van der Waals surface area contributed by atoms with E-state index in [0.29, 0.717) is 6.42 Å². The predicted molar refractivity (Wildman–Crippen MR) is 47.7 cm³/mol.